The highest BCUT2D eigenvalue weighted by molar-refractivity contribution is 7.90. The molecule has 0 radical (unpaired) electrons. The van der Waals surface area contributed by atoms with Gasteiger partial charge in [0.15, 0.2) is 9.84 Å². The van der Waals surface area contributed by atoms with Gasteiger partial charge in [0.2, 0.25) is 0 Å². The highest BCUT2D eigenvalue weighted by atomic mass is 32.2. The zero-order chi connectivity index (χ0) is 25.7. The number of amides is 2. The minimum absolute atomic E-state index is 0.0770. The summed E-state index contributed by atoms with van der Waals surface area (Å²) in [5, 5.41) is 12.1. The number of anilines is 3. The Bertz CT molecular complexity index is 1500. The van der Waals surface area contributed by atoms with Gasteiger partial charge in [-0.15, -0.1) is 0 Å². The van der Waals surface area contributed by atoms with E-state index in [0.717, 1.165) is 0 Å². The maximum absolute atomic E-state index is 12.9. The van der Waals surface area contributed by atoms with Crippen LogP contribution in [0.25, 0.3) is 11.1 Å². The first-order valence-electron chi connectivity index (χ1n) is 11.0. The van der Waals surface area contributed by atoms with Gasteiger partial charge in [-0.2, -0.15) is 0 Å². The number of hydrogen-bond acceptors (Lipinski definition) is 5. The monoisotopic (exact) mass is 499 g/mol. The van der Waals surface area contributed by atoms with E-state index in [2.05, 4.69) is 10.7 Å². The first-order valence-corrected chi connectivity index (χ1v) is 12.9. The van der Waals surface area contributed by atoms with E-state index in [1.807, 2.05) is 30.3 Å². The molecule has 4 aromatic rings. The number of benzene rings is 4. The van der Waals surface area contributed by atoms with Crippen LogP contribution in [0.3, 0.4) is 0 Å². The van der Waals surface area contributed by atoms with Gasteiger partial charge in [-0.1, -0.05) is 60.7 Å². The van der Waals surface area contributed by atoms with Crippen LogP contribution >= 0.6 is 0 Å². The molecule has 0 bridgehead atoms. The highest BCUT2D eigenvalue weighted by Crippen LogP contribution is 2.28. The normalized spacial score (nSPS) is 10.9. The number of sulfone groups is 1. The molecular formula is C27H25N5O3S. The molecule has 0 fully saturated rings. The Morgan fingerprint density at radius 2 is 1.47 bits per heavy atom. The Labute approximate surface area is 209 Å². The van der Waals surface area contributed by atoms with Crippen LogP contribution in [-0.4, -0.2) is 26.5 Å². The number of rotatable bonds is 7. The largest absolute Gasteiger partial charge is 0.384 e. The zero-order valence-corrected chi connectivity index (χ0v) is 20.3. The lowest BCUT2D eigenvalue weighted by molar-refractivity contribution is 0.252. The minimum atomic E-state index is -3.39. The number of carbonyl (C=O) groups excluding carboxylic acids is 1. The zero-order valence-electron chi connectivity index (χ0n) is 19.5. The number of carbonyl (C=O) groups is 1. The van der Waals surface area contributed by atoms with Crippen molar-refractivity contribution in [3.8, 4) is 11.1 Å². The third-order valence-electron chi connectivity index (χ3n) is 5.38. The molecule has 5 N–H and O–H groups in total. The van der Waals surface area contributed by atoms with Crippen LogP contribution in [0.4, 0.5) is 21.9 Å². The molecule has 0 aliphatic rings. The second-order valence-electron chi connectivity index (χ2n) is 8.05. The Kier molecular flexibility index (Phi) is 7.03. The van der Waals surface area contributed by atoms with E-state index in [9.17, 15) is 13.2 Å². The van der Waals surface area contributed by atoms with Gasteiger partial charge in [-0.25, -0.2) is 18.6 Å². The van der Waals surface area contributed by atoms with Gasteiger partial charge in [0.05, 0.1) is 16.3 Å². The van der Waals surface area contributed by atoms with E-state index < -0.39 is 15.9 Å². The molecular weight excluding hydrogens is 474 g/mol. The predicted molar refractivity (Wildman–Crippen MR) is 143 cm³/mol. The standard InChI is InChI=1S/C27H25N5O3S/c1-36(34,35)25-13-6-5-12-24(25)19-14-16-21(17-15-19)30-27(33)31-32(22-9-3-2-4-10-22)23-11-7-8-20(18-23)26(28)29/h2-18H,1H3,(H3,28,29)(H2,30,31,33). The van der Waals surface area contributed by atoms with Gasteiger partial charge in [0, 0.05) is 23.1 Å². The molecule has 0 spiro atoms. The van der Waals surface area contributed by atoms with Crippen LogP contribution in [0.15, 0.2) is 108 Å². The third kappa shape index (κ3) is 5.70. The van der Waals surface area contributed by atoms with Crippen LogP contribution in [0.1, 0.15) is 5.56 Å². The van der Waals surface area contributed by atoms with E-state index >= 15 is 0 Å². The first kappa shape index (κ1) is 24.5. The van der Waals surface area contributed by atoms with Gasteiger partial charge in [0.25, 0.3) is 0 Å². The molecule has 0 saturated carbocycles. The molecule has 0 aliphatic heterocycles. The fourth-order valence-corrected chi connectivity index (χ4v) is 4.60. The van der Waals surface area contributed by atoms with Gasteiger partial charge in [-0.05, 0) is 48.0 Å². The van der Waals surface area contributed by atoms with Gasteiger partial charge >= 0.3 is 6.03 Å². The molecule has 4 rings (SSSR count). The number of nitrogens with two attached hydrogens (primary N) is 1. The van der Waals surface area contributed by atoms with E-state index in [1.54, 1.807) is 77.8 Å². The maximum atomic E-state index is 12.9. The van der Waals surface area contributed by atoms with E-state index in [4.69, 9.17) is 11.1 Å². The Morgan fingerprint density at radius 3 is 2.14 bits per heavy atom. The summed E-state index contributed by atoms with van der Waals surface area (Å²) in [7, 11) is -3.39. The Balaban J connectivity index is 1.55. The quantitative estimate of drug-likeness (QED) is 0.163. The van der Waals surface area contributed by atoms with Crippen molar-refractivity contribution >= 4 is 38.8 Å². The number of urea groups is 1. The molecule has 0 saturated heterocycles. The second kappa shape index (κ2) is 10.3. The summed E-state index contributed by atoms with van der Waals surface area (Å²) in [6.45, 7) is 0. The highest BCUT2D eigenvalue weighted by Gasteiger charge is 2.16. The third-order valence-corrected chi connectivity index (χ3v) is 6.54. The van der Waals surface area contributed by atoms with Gasteiger partial charge in [0.1, 0.15) is 5.84 Å². The summed E-state index contributed by atoms with van der Waals surface area (Å²) in [6.07, 6.45) is 1.18. The van der Waals surface area contributed by atoms with E-state index in [0.29, 0.717) is 33.8 Å². The Morgan fingerprint density at radius 1 is 0.833 bits per heavy atom. The molecule has 0 unspecified atom stereocenters. The molecule has 2 amide bonds. The van der Waals surface area contributed by atoms with Gasteiger partial charge < -0.3 is 11.1 Å². The van der Waals surface area contributed by atoms with Crippen LogP contribution in [0.5, 0.6) is 0 Å². The first-order chi connectivity index (χ1) is 17.2. The van der Waals surface area contributed by atoms with Crippen LogP contribution in [-0.2, 0) is 9.84 Å². The van der Waals surface area contributed by atoms with Crippen molar-refractivity contribution in [3.05, 3.63) is 109 Å². The summed E-state index contributed by atoms with van der Waals surface area (Å²) >= 11 is 0. The molecule has 36 heavy (non-hydrogen) atoms. The fraction of sp³-hybridized carbons (Fsp3) is 0.0370. The summed E-state index contributed by atoms with van der Waals surface area (Å²) in [4.78, 5) is 13.2. The summed E-state index contributed by atoms with van der Waals surface area (Å²) in [5.74, 6) is -0.0770. The predicted octanol–water partition coefficient (Wildman–Crippen LogP) is 4.92. The molecule has 4 aromatic carbocycles. The number of nitrogens with one attached hydrogen (secondary N) is 3. The van der Waals surface area contributed by atoms with Crippen molar-refractivity contribution < 1.29 is 13.2 Å². The maximum Gasteiger partial charge on any atom is 0.338 e. The second-order valence-corrected chi connectivity index (χ2v) is 10.0. The molecule has 0 aliphatic carbocycles. The summed E-state index contributed by atoms with van der Waals surface area (Å²) in [5.41, 5.74) is 12.2. The number of nitrogen functional groups attached to an aromatic ring is 1. The van der Waals surface area contributed by atoms with E-state index in [1.165, 1.54) is 6.26 Å². The molecule has 9 heteroatoms. The number of nitrogens with zero attached hydrogens (tertiary/aromatic N) is 1. The van der Waals surface area contributed by atoms with Crippen molar-refractivity contribution in [1.82, 2.24) is 5.43 Å². The topological polar surface area (TPSA) is 128 Å². The number of para-hydroxylation sites is 1. The summed E-state index contributed by atoms with van der Waals surface area (Å²) < 4.78 is 24.3. The van der Waals surface area contributed by atoms with Crippen molar-refractivity contribution in [1.29, 1.82) is 5.41 Å². The van der Waals surface area contributed by atoms with E-state index in [-0.39, 0.29) is 10.7 Å². The average Bonchev–Trinajstić information content (AvgIpc) is 2.88. The summed E-state index contributed by atoms with van der Waals surface area (Å²) in [6, 6.07) is 29.5. The SMILES string of the molecule is CS(=O)(=O)c1ccccc1-c1ccc(NC(=O)NN(c2ccccc2)c2cccc(C(=N)N)c2)cc1. The lowest BCUT2D eigenvalue weighted by atomic mass is 10.1. The van der Waals surface area contributed by atoms with Crippen molar-refractivity contribution in [2.75, 3.05) is 16.6 Å². The molecule has 0 aromatic heterocycles. The number of hydrogen-bond donors (Lipinski definition) is 4. The molecule has 0 atom stereocenters. The fourth-order valence-electron chi connectivity index (χ4n) is 3.69. The van der Waals surface area contributed by atoms with Crippen LogP contribution < -0.4 is 21.5 Å². The smallest absolute Gasteiger partial charge is 0.338 e. The minimum Gasteiger partial charge on any atom is -0.384 e. The molecule has 0 heterocycles. The van der Waals surface area contributed by atoms with Crippen LogP contribution in [0.2, 0.25) is 0 Å². The molecule has 8 nitrogen and oxygen atoms in total. The number of amidine groups is 1. The molecule has 182 valence electrons. The lowest BCUT2D eigenvalue weighted by Crippen LogP contribution is -2.41. The van der Waals surface area contributed by atoms with Crippen molar-refractivity contribution in [3.63, 3.8) is 0 Å². The van der Waals surface area contributed by atoms with Gasteiger partial charge in [-0.3, -0.25) is 10.4 Å². The lowest BCUT2D eigenvalue weighted by Gasteiger charge is -2.26. The van der Waals surface area contributed by atoms with Crippen LogP contribution in [0, 0.1) is 5.41 Å². The number of hydrazine groups is 1. The van der Waals surface area contributed by atoms with Crippen molar-refractivity contribution in [2.45, 2.75) is 4.90 Å². The Hall–Kier alpha value is -4.63. The average molecular weight is 500 g/mol. The van der Waals surface area contributed by atoms with Crippen molar-refractivity contribution in [2.24, 2.45) is 5.73 Å².